The van der Waals surface area contributed by atoms with Gasteiger partial charge in [0, 0.05) is 73.4 Å². The number of aliphatic hydroxyl groups excluding tert-OH is 1. The highest BCUT2D eigenvalue weighted by molar-refractivity contribution is 7.70. The number of aliphatic hydroxyl groups is 1. The number of nitrogens with one attached hydrogen (secondary N) is 3. The zero-order valence-electron chi connectivity index (χ0n) is 51.4. The largest absolute Gasteiger partial charge is 0.396 e. The van der Waals surface area contributed by atoms with E-state index < -0.39 is 78.3 Å². The quantitative estimate of drug-likeness (QED) is 0.0152. The second-order valence-corrected chi connectivity index (χ2v) is 27.7. The summed E-state index contributed by atoms with van der Waals surface area (Å²) in [7, 11) is -5.04. The summed E-state index contributed by atoms with van der Waals surface area (Å²) >= 11 is 1.57. The highest BCUT2D eigenvalue weighted by atomic mass is 32.1. The molecule has 9 rings (SSSR count). The van der Waals surface area contributed by atoms with Crippen LogP contribution in [0.15, 0.2) is 90.4 Å². The Morgan fingerprint density at radius 3 is 2.31 bits per heavy atom. The van der Waals surface area contributed by atoms with Crippen LogP contribution in [0.1, 0.15) is 158 Å². The molecule has 472 valence electrons. The van der Waals surface area contributed by atoms with E-state index in [-0.39, 0.29) is 98.9 Å². The Balaban J connectivity index is 0.764. The van der Waals surface area contributed by atoms with Gasteiger partial charge in [-0.15, -0.1) is 11.3 Å². The van der Waals surface area contributed by atoms with E-state index in [2.05, 4.69) is 26.7 Å². The molecule has 20 nitrogen and oxygen atoms in total. The molecular weight excluding hydrogens is 1170 g/mol. The number of nitrogens with two attached hydrogens (primary N) is 1. The second-order valence-electron chi connectivity index (χ2n) is 25.3. The number of likely N-dealkylation sites (tertiary alicyclic amines) is 1. The van der Waals surface area contributed by atoms with Gasteiger partial charge >= 0.3 is 7.60 Å². The van der Waals surface area contributed by atoms with Gasteiger partial charge in [-0.2, -0.15) is 0 Å². The fraction of sp³-hybridized carbons (Fsp3) is 0.448. The van der Waals surface area contributed by atoms with Gasteiger partial charge in [0.05, 0.1) is 58.4 Å². The van der Waals surface area contributed by atoms with E-state index in [9.17, 15) is 57.8 Å². The molecule has 89 heavy (non-hydrogen) atoms. The summed E-state index contributed by atoms with van der Waals surface area (Å²) in [6, 6.07) is 22.3. The standard InChI is InChI=1S/C67H80N7O13PS/c1-37-27-41(11-8-9-14-50(75)32-52(67(5,6)7)65(82)73-34-51(76)33-56(73)62(79)70-38(2)42-17-20-44(21-18-42)61-39(3)69-36-89-61)15-16-48(37)35-87-40(4)53(25-26-59(68)78)72-63(80)57-30-45-13-10-12-43-19-22-46(64(81)74(57)60(43)45)31-58(77)55-29-49-28-47(23-24-54(49)71-55)66(83)88(84,85)86/h10,12-13,15-18,20-21,23-24,27-29,36,38,40,46,51-53,56-57,71,76H,8-9,11,14,19,22,25-26,30-35H2,1-7H3,(H2,68,78)(H,70,79)(H,72,80)(H2,84,85,86)/t38-,40+,46+,51+,52+,53-,56-,57-/m0/s1. The number of aromatic amines is 1. The van der Waals surface area contributed by atoms with Gasteiger partial charge in [0.2, 0.25) is 29.5 Å². The van der Waals surface area contributed by atoms with E-state index in [1.807, 2.05) is 102 Å². The van der Waals surface area contributed by atoms with Crippen LogP contribution >= 0.6 is 18.9 Å². The van der Waals surface area contributed by atoms with Crippen molar-refractivity contribution in [3.63, 3.8) is 0 Å². The van der Waals surface area contributed by atoms with Crippen molar-refractivity contribution in [2.45, 2.75) is 168 Å². The predicted octanol–water partition coefficient (Wildman–Crippen LogP) is 8.85. The summed E-state index contributed by atoms with van der Waals surface area (Å²) in [5, 5.41) is 17.3. The number of carbonyl (C=O) groups is 8. The number of carbonyl (C=O) groups excluding carboxylic acids is 8. The maximum atomic E-state index is 14.7. The number of primary amides is 1. The molecule has 8 N–H and O–H groups in total. The summed E-state index contributed by atoms with van der Waals surface area (Å²) in [5.41, 5.74) is 14.0. The van der Waals surface area contributed by atoms with Gasteiger partial charge in [0.15, 0.2) is 5.78 Å². The van der Waals surface area contributed by atoms with Gasteiger partial charge in [-0.3, -0.25) is 47.8 Å². The topological polar surface area (TPSA) is 309 Å². The Kier molecular flexibility index (Phi) is 20.5. The lowest BCUT2D eigenvalue weighted by atomic mass is 9.76. The van der Waals surface area contributed by atoms with Gasteiger partial charge in [0.1, 0.15) is 17.9 Å². The molecule has 1 saturated heterocycles. The van der Waals surface area contributed by atoms with Crippen molar-refractivity contribution in [2.75, 3.05) is 11.4 Å². The van der Waals surface area contributed by atoms with Crippen molar-refractivity contribution < 1.29 is 62.6 Å². The number of para-hydroxylation sites is 1. The molecule has 8 atom stereocenters. The van der Waals surface area contributed by atoms with Crippen LogP contribution in [0.3, 0.4) is 0 Å². The number of anilines is 1. The molecule has 22 heteroatoms. The minimum absolute atomic E-state index is 0.00675. The van der Waals surface area contributed by atoms with Gasteiger partial charge in [-0.05, 0) is 135 Å². The van der Waals surface area contributed by atoms with E-state index in [0.29, 0.717) is 42.3 Å². The summed E-state index contributed by atoms with van der Waals surface area (Å²) in [6.07, 6.45) is 1.89. The SMILES string of the molecule is Cc1cc(CCCCC(=O)C[C@H](C(=O)N2C[C@H](O)C[C@H]2C(=O)N[C@@H](C)c2ccc(-c3scnc3C)cc2)C(C)(C)C)ccc1CO[C@H](C)[C@H](CCC(N)=O)NC(=O)[C@@H]1Cc2cccc3c2N1C(=O)[C@@H](CC(=O)c1cc2cc(C(=O)P(=O)(O)O)ccc2[nH]1)CC3. The summed E-state index contributed by atoms with van der Waals surface area (Å²) in [6.45, 7) is 13.6. The number of Topliss-reactive ketones (excluding diaryl/α,β-unsaturated/α-hetero) is 2. The molecule has 5 amide bonds. The lowest BCUT2D eigenvalue weighted by molar-refractivity contribution is -0.146. The number of hydrogen-bond donors (Lipinski definition) is 7. The molecule has 0 saturated carbocycles. The molecule has 3 aliphatic rings. The highest BCUT2D eigenvalue weighted by Crippen LogP contribution is 2.43. The summed E-state index contributed by atoms with van der Waals surface area (Å²) in [4.78, 5) is 140. The first-order chi connectivity index (χ1) is 42.1. The number of hydrogen-bond acceptors (Lipinski definition) is 13. The number of nitrogens with zero attached hydrogens (tertiary/aromatic N) is 3. The molecular formula is C67H80N7O13PS. The van der Waals surface area contributed by atoms with Crippen LogP contribution in [-0.4, -0.2) is 113 Å². The van der Waals surface area contributed by atoms with E-state index >= 15 is 0 Å². The number of amides is 5. The second kappa shape index (κ2) is 27.7. The Bertz CT molecular complexity index is 3740. The Morgan fingerprint density at radius 2 is 1.63 bits per heavy atom. The third-order valence-corrected chi connectivity index (χ3v) is 19.5. The van der Waals surface area contributed by atoms with E-state index in [0.717, 1.165) is 55.9 Å². The average Bonchev–Trinajstić information content (AvgIpc) is 1.91. The zero-order chi connectivity index (χ0) is 64.2. The van der Waals surface area contributed by atoms with E-state index in [1.165, 1.54) is 34.1 Å². The van der Waals surface area contributed by atoms with Crippen molar-refractivity contribution in [1.82, 2.24) is 25.5 Å². The number of benzene rings is 4. The van der Waals surface area contributed by atoms with Crippen LogP contribution in [0, 0.1) is 31.1 Å². The van der Waals surface area contributed by atoms with E-state index in [1.54, 1.807) is 18.3 Å². The number of ketones is 2. The van der Waals surface area contributed by atoms with Crippen LogP contribution in [0.4, 0.5) is 5.69 Å². The van der Waals surface area contributed by atoms with Gasteiger partial charge < -0.3 is 45.9 Å². The molecule has 3 aliphatic heterocycles. The molecule has 0 radical (unpaired) electrons. The lowest BCUT2D eigenvalue weighted by Crippen LogP contribution is -2.54. The highest BCUT2D eigenvalue weighted by Gasteiger charge is 2.46. The van der Waals surface area contributed by atoms with Crippen LogP contribution in [0.5, 0.6) is 0 Å². The fourth-order valence-electron chi connectivity index (χ4n) is 12.6. The average molecular weight is 1250 g/mol. The maximum absolute atomic E-state index is 14.7. The molecule has 2 aromatic heterocycles. The first-order valence-corrected chi connectivity index (χ1v) is 32.9. The van der Waals surface area contributed by atoms with Crippen LogP contribution in [0.25, 0.3) is 21.3 Å². The molecule has 0 bridgehead atoms. The van der Waals surface area contributed by atoms with Crippen molar-refractivity contribution in [3.8, 4) is 10.4 Å². The number of unbranched alkanes of at least 4 members (excludes halogenated alkanes) is 1. The number of thiazole rings is 1. The Labute approximate surface area is 521 Å². The third-order valence-electron chi connectivity index (χ3n) is 17.8. The number of rotatable bonds is 26. The maximum Gasteiger partial charge on any atom is 0.396 e. The first-order valence-electron chi connectivity index (χ1n) is 30.4. The van der Waals surface area contributed by atoms with Crippen LogP contribution < -0.4 is 21.3 Å². The summed E-state index contributed by atoms with van der Waals surface area (Å²) < 4.78 is 18.0. The number of aromatic nitrogens is 2. The molecule has 0 unspecified atom stereocenters. The van der Waals surface area contributed by atoms with Gasteiger partial charge in [-0.1, -0.05) is 81.4 Å². The zero-order valence-corrected chi connectivity index (χ0v) is 53.1. The predicted molar refractivity (Wildman–Crippen MR) is 338 cm³/mol. The number of ether oxygens (including phenoxy) is 1. The molecule has 4 aromatic carbocycles. The normalized spacial score (nSPS) is 18.9. The number of aryl methyl sites for hydroxylation is 4. The van der Waals surface area contributed by atoms with Crippen LogP contribution in [0.2, 0.25) is 0 Å². The molecule has 0 aliphatic carbocycles. The van der Waals surface area contributed by atoms with Crippen LogP contribution in [-0.2, 0) is 63.9 Å². The van der Waals surface area contributed by atoms with Crippen molar-refractivity contribution in [2.24, 2.45) is 23.0 Å². The molecule has 1 fully saturated rings. The van der Waals surface area contributed by atoms with Gasteiger partial charge in [-0.25, -0.2) is 4.98 Å². The van der Waals surface area contributed by atoms with E-state index in [4.69, 9.17) is 10.5 Å². The van der Waals surface area contributed by atoms with Gasteiger partial charge in [0.25, 0.3) is 5.52 Å². The Morgan fingerprint density at radius 1 is 0.899 bits per heavy atom. The number of fused-ring (bicyclic) bond motifs is 1. The van der Waals surface area contributed by atoms with Crippen molar-refractivity contribution >= 4 is 82.1 Å². The molecule has 6 aromatic rings. The fourth-order valence-corrected chi connectivity index (χ4v) is 13.9. The van der Waals surface area contributed by atoms with Crippen molar-refractivity contribution in [1.29, 1.82) is 0 Å². The Hall–Kier alpha value is -7.52. The monoisotopic (exact) mass is 1250 g/mol. The van der Waals surface area contributed by atoms with Crippen molar-refractivity contribution in [3.05, 3.63) is 141 Å². The lowest BCUT2D eigenvalue weighted by Gasteiger charge is -2.35. The minimum atomic E-state index is -5.04. The smallest absolute Gasteiger partial charge is 0.391 e. The third kappa shape index (κ3) is 15.6. The summed E-state index contributed by atoms with van der Waals surface area (Å²) in [5.74, 6) is -4.03. The molecule has 0 spiro atoms. The molecule has 5 heterocycles. The first kappa shape index (κ1) is 65.9. The number of H-pyrrole nitrogens is 1. The minimum Gasteiger partial charge on any atom is -0.391 e. The number of β-amino-alcohol motifs (C(OH)–C–C–N with tert-alkyl or cyclic N) is 1.